The van der Waals surface area contributed by atoms with Crippen LogP contribution in [-0.2, 0) is 0 Å². The number of nitrogens with zero attached hydrogens (tertiary/aromatic N) is 1. The Labute approximate surface area is 85.9 Å². The van der Waals surface area contributed by atoms with Crippen LogP contribution in [0.2, 0.25) is 0 Å². The molecule has 2 heterocycles. The fourth-order valence-electron chi connectivity index (χ4n) is 2.81. The van der Waals surface area contributed by atoms with Crippen molar-refractivity contribution in [3.63, 3.8) is 0 Å². The van der Waals surface area contributed by atoms with Crippen molar-refractivity contribution in [2.75, 3.05) is 26.2 Å². The molecule has 0 spiro atoms. The molecular weight excluding hydrogens is 174 g/mol. The minimum absolute atomic E-state index is 0.0291. The number of nitrogens with one attached hydrogen (secondary N) is 2. The lowest BCUT2D eigenvalue weighted by Gasteiger charge is -2.40. The van der Waals surface area contributed by atoms with E-state index in [1.54, 1.807) is 0 Å². The summed E-state index contributed by atoms with van der Waals surface area (Å²) in [6, 6.07) is 2.61. The highest BCUT2D eigenvalue weighted by molar-refractivity contribution is 5.06. The SMILES string of the molecule is N#CC1(C2CCCNC2)CCNCC1. The maximum Gasteiger partial charge on any atom is 0.0694 e. The smallest absolute Gasteiger partial charge is 0.0694 e. The van der Waals surface area contributed by atoms with Crippen molar-refractivity contribution in [3.05, 3.63) is 0 Å². The summed E-state index contributed by atoms with van der Waals surface area (Å²) in [4.78, 5) is 0. The lowest BCUT2D eigenvalue weighted by atomic mass is 9.67. The third-order valence-electron chi connectivity index (χ3n) is 3.80. The van der Waals surface area contributed by atoms with E-state index in [2.05, 4.69) is 16.7 Å². The fourth-order valence-corrected chi connectivity index (χ4v) is 2.81. The summed E-state index contributed by atoms with van der Waals surface area (Å²) in [5, 5.41) is 16.1. The summed E-state index contributed by atoms with van der Waals surface area (Å²) in [5.74, 6) is 0.586. The largest absolute Gasteiger partial charge is 0.317 e. The van der Waals surface area contributed by atoms with Crippen LogP contribution in [0.25, 0.3) is 0 Å². The van der Waals surface area contributed by atoms with Crippen LogP contribution in [0.4, 0.5) is 0 Å². The van der Waals surface area contributed by atoms with Gasteiger partial charge < -0.3 is 10.6 Å². The van der Waals surface area contributed by atoms with E-state index in [-0.39, 0.29) is 5.41 Å². The summed E-state index contributed by atoms with van der Waals surface area (Å²) in [6.45, 7) is 4.22. The van der Waals surface area contributed by atoms with Gasteiger partial charge in [-0.2, -0.15) is 5.26 Å². The number of nitriles is 1. The van der Waals surface area contributed by atoms with Gasteiger partial charge in [0.25, 0.3) is 0 Å². The second kappa shape index (κ2) is 4.29. The van der Waals surface area contributed by atoms with Crippen molar-refractivity contribution in [2.24, 2.45) is 11.3 Å². The summed E-state index contributed by atoms with van der Waals surface area (Å²) in [5.41, 5.74) is -0.0291. The Morgan fingerprint density at radius 1 is 1.14 bits per heavy atom. The Bertz CT molecular complexity index is 219. The van der Waals surface area contributed by atoms with E-state index >= 15 is 0 Å². The van der Waals surface area contributed by atoms with Crippen LogP contribution >= 0.6 is 0 Å². The fraction of sp³-hybridized carbons (Fsp3) is 0.909. The van der Waals surface area contributed by atoms with E-state index < -0.39 is 0 Å². The number of piperidine rings is 2. The zero-order chi connectivity index (χ0) is 9.86. The van der Waals surface area contributed by atoms with E-state index in [4.69, 9.17) is 0 Å². The molecule has 0 aromatic rings. The van der Waals surface area contributed by atoms with Gasteiger partial charge in [0.2, 0.25) is 0 Å². The van der Waals surface area contributed by atoms with Crippen LogP contribution < -0.4 is 10.6 Å². The van der Waals surface area contributed by atoms with Crippen LogP contribution in [0.3, 0.4) is 0 Å². The zero-order valence-corrected chi connectivity index (χ0v) is 8.68. The van der Waals surface area contributed by atoms with Crippen molar-refractivity contribution < 1.29 is 0 Å². The highest BCUT2D eigenvalue weighted by Crippen LogP contribution is 2.39. The monoisotopic (exact) mass is 193 g/mol. The second-order valence-electron chi connectivity index (χ2n) is 4.56. The molecule has 2 aliphatic heterocycles. The van der Waals surface area contributed by atoms with Gasteiger partial charge in [0.05, 0.1) is 11.5 Å². The molecule has 14 heavy (non-hydrogen) atoms. The predicted octanol–water partition coefficient (Wildman–Crippen LogP) is 0.879. The number of hydrogen-bond acceptors (Lipinski definition) is 3. The van der Waals surface area contributed by atoms with Gasteiger partial charge in [-0.25, -0.2) is 0 Å². The maximum atomic E-state index is 9.39. The third kappa shape index (κ3) is 1.77. The summed E-state index contributed by atoms with van der Waals surface area (Å²) in [6.07, 6.45) is 4.55. The number of hydrogen-bond donors (Lipinski definition) is 2. The minimum atomic E-state index is -0.0291. The maximum absolute atomic E-state index is 9.39. The zero-order valence-electron chi connectivity index (χ0n) is 8.68. The van der Waals surface area contributed by atoms with Crippen LogP contribution in [0.15, 0.2) is 0 Å². The third-order valence-corrected chi connectivity index (χ3v) is 3.80. The normalized spacial score (nSPS) is 32.1. The van der Waals surface area contributed by atoms with Crippen molar-refractivity contribution >= 4 is 0 Å². The van der Waals surface area contributed by atoms with Crippen molar-refractivity contribution in [1.29, 1.82) is 5.26 Å². The second-order valence-corrected chi connectivity index (χ2v) is 4.56. The standard InChI is InChI=1S/C11H19N3/c12-9-11(3-6-13-7-4-11)10-2-1-5-14-8-10/h10,13-14H,1-8H2. The van der Waals surface area contributed by atoms with E-state index in [0.717, 1.165) is 39.0 Å². The topological polar surface area (TPSA) is 47.9 Å². The van der Waals surface area contributed by atoms with Crippen LogP contribution in [-0.4, -0.2) is 26.2 Å². The van der Waals surface area contributed by atoms with Gasteiger partial charge in [-0.15, -0.1) is 0 Å². The Morgan fingerprint density at radius 3 is 2.50 bits per heavy atom. The quantitative estimate of drug-likeness (QED) is 0.650. The molecule has 0 bridgehead atoms. The molecule has 0 aliphatic carbocycles. The highest BCUT2D eigenvalue weighted by Gasteiger charge is 2.40. The molecule has 2 N–H and O–H groups in total. The molecule has 2 fully saturated rings. The highest BCUT2D eigenvalue weighted by atomic mass is 14.9. The van der Waals surface area contributed by atoms with Gasteiger partial charge in [0.1, 0.15) is 0 Å². The van der Waals surface area contributed by atoms with Gasteiger partial charge in [-0.3, -0.25) is 0 Å². The van der Waals surface area contributed by atoms with Crippen molar-refractivity contribution in [2.45, 2.75) is 25.7 Å². The van der Waals surface area contributed by atoms with E-state index in [1.807, 2.05) is 0 Å². The molecule has 2 rings (SSSR count). The molecule has 0 saturated carbocycles. The van der Waals surface area contributed by atoms with E-state index in [9.17, 15) is 5.26 Å². The molecule has 0 radical (unpaired) electrons. The van der Waals surface area contributed by atoms with Gasteiger partial charge in [0, 0.05) is 0 Å². The average Bonchev–Trinajstić information content (AvgIpc) is 2.31. The van der Waals surface area contributed by atoms with Gasteiger partial charge >= 0.3 is 0 Å². The van der Waals surface area contributed by atoms with E-state index in [1.165, 1.54) is 12.8 Å². The van der Waals surface area contributed by atoms with Crippen LogP contribution in [0.5, 0.6) is 0 Å². The molecule has 2 saturated heterocycles. The first kappa shape index (κ1) is 9.95. The lowest BCUT2D eigenvalue weighted by molar-refractivity contribution is 0.145. The molecule has 78 valence electrons. The summed E-state index contributed by atoms with van der Waals surface area (Å²) < 4.78 is 0. The molecule has 1 atom stereocenters. The van der Waals surface area contributed by atoms with Crippen molar-refractivity contribution in [3.8, 4) is 6.07 Å². The Balaban J connectivity index is 2.06. The Morgan fingerprint density at radius 2 is 1.93 bits per heavy atom. The summed E-state index contributed by atoms with van der Waals surface area (Å²) >= 11 is 0. The average molecular weight is 193 g/mol. The molecule has 2 aliphatic rings. The molecular formula is C11H19N3. The van der Waals surface area contributed by atoms with Gasteiger partial charge in [-0.05, 0) is 57.8 Å². The van der Waals surface area contributed by atoms with Crippen molar-refractivity contribution in [1.82, 2.24) is 10.6 Å². The number of rotatable bonds is 1. The molecule has 0 aromatic heterocycles. The minimum Gasteiger partial charge on any atom is -0.317 e. The molecule has 3 nitrogen and oxygen atoms in total. The lowest BCUT2D eigenvalue weighted by Crippen LogP contribution is -2.46. The van der Waals surface area contributed by atoms with Crippen LogP contribution in [0.1, 0.15) is 25.7 Å². The first-order valence-corrected chi connectivity index (χ1v) is 5.70. The van der Waals surface area contributed by atoms with Gasteiger partial charge in [0.15, 0.2) is 0 Å². The Kier molecular flexibility index (Phi) is 3.05. The molecule has 1 unspecified atom stereocenters. The van der Waals surface area contributed by atoms with Gasteiger partial charge in [-0.1, -0.05) is 0 Å². The molecule has 0 amide bonds. The van der Waals surface area contributed by atoms with E-state index in [0.29, 0.717) is 5.92 Å². The molecule has 3 heteroatoms. The summed E-state index contributed by atoms with van der Waals surface area (Å²) in [7, 11) is 0. The predicted molar refractivity (Wildman–Crippen MR) is 55.7 cm³/mol. The first-order chi connectivity index (χ1) is 6.87. The first-order valence-electron chi connectivity index (χ1n) is 5.70. The molecule has 0 aromatic carbocycles. The Hall–Kier alpha value is -0.590. The van der Waals surface area contributed by atoms with Crippen LogP contribution in [0, 0.1) is 22.7 Å².